The third kappa shape index (κ3) is 9.54. The van der Waals surface area contributed by atoms with Crippen LogP contribution in [0.15, 0.2) is 27.1 Å². The topological polar surface area (TPSA) is 29.5 Å². The molecule has 0 atom stereocenters. The second-order valence-corrected chi connectivity index (χ2v) is 7.10. The standard InChI is InChI=1S/C17H26Br2O2/c18-15-10-11-16(19)17(14-15)21-13-9-7-5-3-1-2-4-6-8-12-20/h10-11,14,20H,1-9,12-13H2. The Morgan fingerprint density at radius 3 is 2.00 bits per heavy atom. The van der Waals surface area contributed by atoms with E-state index in [2.05, 4.69) is 31.9 Å². The zero-order chi connectivity index (χ0) is 15.3. The number of aliphatic hydroxyl groups is 1. The molecule has 0 spiro atoms. The number of ether oxygens (including phenoxy) is 1. The summed E-state index contributed by atoms with van der Waals surface area (Å²) in [5, 5.41) is 8.69. The second kappa shape index (κ2) is 12.5. The van der Waals surface area contributed by atoms with Crippen molar-refractivity contribution in [3.63, 3.8) is 0 Å². The van der Waals surface area contributed by atoms with Gasteiger partial charge in [0.05, 0.1) is 11.1 Å². The highest BCUT2D eigenvalue weighted by atomic mass is 79.9. The van der Waals surface area contributed by atoms with Gasteiger partial charge in [0.25, 0.3) is 0 Å². The fraction of sp³-hybridized carbons (Fsp3) is 0.647. The summed E-state index contributed by atoms with van der Waals surface area (Å²) in [5.41, 5.74) is 0. The first-order valence-electron chi connectivity index (χ1n) is 7.93. The molecular formula is C17H26Br2O2. The Morgan fingerprint density at radius 1 is 0.810 bits per heavy atom. The molecule has 0 saturated heterocycles. The minimum Gasteiger partial charge on any atom is -0.492 e. The molecule has 21 heavy (non-hydrogen) atoms. The predicted octanol–water partition coefficient (Wildman–Crippen LogP) is 6.09. The number of benzene rings is 1. The maximum Gasteiger partial charge on any atom is 0.134 e. The van der Waals surface area contributed by atoms with Gasteiger partial charge >= 0.3 is 0 Å². The van der Waals surface area contributed by atoms with Crippen molar-refractivity contribution in [2.75, 3.05) is 13.2 Å². The van der Waals surface area contributed by atoms with Gasteiger partial charge in [0.1, 0.15) is 5.75 Å². The molecule has 0 aromatic heterocycles. The number of hydrogen-bond donors (Lipinski definition) is 1. The fourth-order valence-corrected chi connectivity index (χ4v) is 2.92. The summed E-state index contributed by atoms with van der Waals surface area (Å²) in [5.74, 6) is 0.910. The molecule has 0 fully saturated rings. The minimum absolute atomic E-state index is 0.341. The van der Waals surface area contributed by atoms with E-state index >= 15 is 0 Å². The van der Waals surface area contributed by atoms with Gasteiger partial charge in [0, 0.05) is 11.1 Å². The van der Waals surface area contributed by atoms with Crippen molar-refractivity contribution in [2.45, 2.75) is 57.8 Å². The van der Waals surface area contributed by atoms with Crippen molar-refractivity contribution in [1.82, 2.24) is 0 Å². The minimum atomic E-state index is 0.341. The van der Waals surface area contributed by atoms with Crippen LogP contribution in [0.2, 0.25) is 0 Å². The van der Waals surface area contributed by atoms with Crippen molar-refractivity contribution in [2.24, 2.45) is 0 Å². The zero-order valence-corrected chi connectivity index (χ0v) is 15.8. The van der Waals surface area contributed by atoms with Crippen LogP contribution in [-0.4, -0.2) is 18.3 Å². The summed E-state index contributed by atoms with van der Waals surface area (Å²) in [6.07, 6.45) is 11.0. The number of rotatable bonds is 12. The molecule has 0 aliphatic carbocycles. The summed E-state index contributed by atoms with van der Waals surface area (Å²) in [6.45, 7) is 1.12. The van der Waals surface area contributed by atoms with Crippen molar-refractivity contribution in [1.29, 1.82) is 0 Å². The van der Waals surface area contributed by atoms with E-state index in [0.29, 0.717) is 6.61 Å². The van der Waals surface area contributed by atoms with Gasteiger partial charge in [-0.2, -0.15) is 0 Å². The Bertz CT molecular complexity index is 383. The van der Waals surface area contributed by atoms with Gasteiger partial charge in [0.2, 0.25) is 0 Å². The van der Waals surface area contributed by atoms with Crippen molar-refractivity contribution >= 4 is 31.9 Å². The van der Waals surface area contributed by atoms with Crippen molar-refractivity contribution in [3.05, 3.63) is 27.1 Å². The molecule has 0 aliphatic heterocycles. The molecule has 0 bridgehead atoms. The third-order valence-electron chi connectivity index (χ3n) is 3.45. The SMILES string of the molecule is OCCCCCCCCCCCOc1cc(Br)ccc1Br. The summed E-state index contributed by atoms with van der Waals surface area (Å²) in [4.78, 5) is 0. The van der Waals surface area contributed by atoms with E-state index in [1.54, 1.807) is 0 Å². The van der Waals surface area contributed by atoms with E-state index in [9.17, 15) is 0 Å². The van der Waals surface area contributed by atoms with E-state index in [0.717, 1.165) is 34.1 Å². The van der Waals surface area contributed by atoms with Crippen LogP contribution in [0, 0.1) is 0 Å². The lowest BCUT2D eigenvalue weighted by atomic mass is 10.1. The average molecular weight is 422 g/mol. The highest BCUT2D eigenvalue weighted by molar-refractivity contribution is 9.11. The first-order chi connectivity index (χ1) is 10.2. The van der Waals surface area contributed by atoms with Crippen LogP contribution < -0.4 is 4.74 Å². The van der Waals surface area contributed by atoms with Gasteiger partial charge in [0.15, 0.2) is 0 Å². The van der Waals surface area contributed by atoms with Crippen molar-refractivity contribution < 1.29 is 9.84 Å². The van der Waals surface area contributed by atoms with Gasteiger partial charge in [-0.3, -0.25) is 0 Å². The van der Waals surface area contributed by atoms with E-state index < -0.39 is 0 Å². The first-order valence-corrected chi connectivity index (χ1v) is 9.51. The molecule has 0 heterocycles. The lowest BCUT2D eigenvalue weighted by molar-refractivity contribution is 0.282. The molecule has 120 valence electrons. The third-order valence-corrected chi connectivity index (χ3v) is 4.60. The molecule has 1 N–H and O–H groups in total. The fourth-order valence-electron chi connectivity index (χ4n) is 2.22. The van der Waals surface area contributed by atoms with Crippen molar-refractivity contribution in [3.8, 4) is 5.75 Å². The summed E-state index contributed by atoms with van der Waals surface area (Å²) >= 11 is 6.95. The number of halogens is 2. The highest BCUT2D eigenvalue weighted by Gasteiger charge is 2.01. The summed E-state index contributed by atoms with van der Waals surface area (Å²) in [7, 11) is 0. The Balaban J connectivity index is 1.94. The van der Waals surface area contributed by atoms with Gasteiger partial charge in [-0.1, -0.05) is 60.9 Å². The molecule has 0 amide bonds. The van der Waals surface area contributed by atoms with Gasteiger partial charge in [-0.05, 0) is 47.0 Å². The molecule has 1 rings (SSSR count). The van der Waals surface area contributed by atoms with E-state index in [4.69, 9.17) is 9.84 Å². The summed E-state index contributed by atoms with van der Waals surface area (Å²) < 4.78 is 7.84. The maximum atomic E-state index is 8.69. The molecule has 0 saturated carbocycles. The van der Waals surface area contributed by atoms with Gasteiger partial charge in [-0.25, -0.2) is 0 Å². The maximum absolute atomic E-state index is 8.69. The predicted molar refractivity (Wildman–Crippen MR) is 96.0 cm³/mol. The highest BCUT2D eigenvalue weighted by Crippen LogP contribution is 2.28. The molecule has 1 aromatic rings. The van der Waals surface area contributed by atoms with Crippen LogP contribution in [0.3, 0.4) is 0 Å². The van der Waals surface area contributed by atoms with E-state index in [1.165, 1.54) is 44.9 Å². The average Bonchev–Trinajstić information content (AvgIpc) is 2.48. The molecule has 2 nitrogen and oxygen atoms in total. The van der Waals surface area contributed by atoms with Gasteiger partial charge in [-0.15, -0.1) is 0 Å². The van der Waals surface area contributed by atoms with Crippen LogP contribution in [0.4, 0.5) is 0 Å². The van der Waals surface area contributed by atoms with Crippen LogP contribution in [0.1, 0.15) is 57.8 Å². The molecular weight excluding hydrogens is 396 g/mol. The molecule has 0 radical (unpaired) electrons. The normalized spacial score (nSPS) is 10.8. The Hall–Kier alpha value is -0.0600. The second-order valence-electron chi connectivity index (χ2n) is 5.33. The Morgan fingerprint density at radius 2 is 1.38 bits per heavy atom. The number of aliphatic hydroxyl groups excluding tert-OH is 1. The lowest BCUT2D eigenvalue weighted by Gasteiger charge is -2.08. The van der Waals surface area contributed by atoms with Gasteiger partial charge < -0.3 is 9.84 Å². The first kappa shape index (κ1) is 19.0. The quantitative estimate of drug-likeness (QED) is 0.413. The van der Waals surface area contributed by atoms with Crippen LogP contribution >= 0.6 is 31.9 Å². The Kier molecular flexibility index (Phi) is 11.3. The molecule has 4 heteroatoms. The smallest absolute Gasteiger partial charge is 0.134 e. The summed E-state index contributed by atoms with van der Waals surface area (Å²) in [6, 6.07) is 5.99. The van der Waals surface area contributed by atoms with Crippen LogP contribution in [0.5, 0.6) is 5.75 Å². The molecule has 0 aliphatic rings. The van der Waals surface area contributed by atoms with Crippen LogP contribution in [0.25, 0.3) is 0 Å². The monoisotopic (exact) mass is 420 g/mol. The number of unbranched alkanes of at least 4 members (excludes halogenated alkanes) is 8. The van der Waals surface area contributed by atoms with E-state index in [-0.39, 0.29) is 0 Å². The molecule has 1 aromatic carbocycles. The van der Waals surface area contributed by atoms with E-state index in [1.807, 2.05) is 18.2 Å². The lowest BCUT2D eigenvalue weighted by Crippen LogP contribution is -1.98. The molecule has 0 unspecified atom stereocenters. The number of hydrogen-bond acceptors (Lipinski definition) is 2. The Labute approximate surface area is 145 Å². The zero-order valence-electron chi connectivity index (χ0n) is 12.6. The largest absolute Gasteiger partial charge is 0.492 e. The van der Waals surface area contributed by atoms with Crippen LogP contribution in [-0.2, 0) is 0 Å².